The lowest BCUT2D eigenvalue weighted by Crippen LogP contribution is -2.17. The molecule has 0 saturated heterocycles. The van der Waals surface area contributed by atoms with E-state index in [4.69, 9.17) is 10.9 Å². The SMILES string of the molecule is NC(=NO)c1cc(NC(=O)CCC2CCCC2)ccc1F. The maximum atomic E-state index is 13.5. The lowest BCUT2D eigenvalue weighted by atomic mass is 10.0. The first-order chi connectivity index (χ1) is 10.1. The first kappa shape index (κ1) is 15.3. The first-order valence-corrected chi connectivity index (χ1v) is 7.17. The van der Waals surface area contributed by atoms with Crippen LogP contribution in [-0.4, -0.2) is 17.0 Å². The Morgan fingerprint density at radius 1 is 1.43 bits per heavy atom. The fraction of sp³-hybridized carbons (Fsp3) is 0.467. The van der Waals surface area contributed by atoms with Gasteiger partial charge in [0.15, 0.2) is 5.84 Å². The zero-order chi connectivity index (χ0) is 15.2. The minimum atomic E-state index is -0.603. The highest BCUT2D eigenvalue weighted by Crippen LogP contribution is 2.28. The van der Waals surface area contributed by atoms with E-state index >= 15 is 0 Å². The average Bonchev–Trinajstić information content (AvgIpc) is 2.99. The van der Waals surface area contributed by atoms with Crippen LogP contribution in [0, 0.1) is 11.7 Å². The number of benzene rings is 1. The van der Waals surface area contributed by atoms with Gasteiger partial charge in [-0.1, -0.05) is 30.8 Å². The van der Waals surface area contributed by atoms with Gasteiger partial charge in [-0.05, 0) is 30.5 Å². The number of hydrogen-bond acceptors (Lipinski definition) is 3. The smallest absolute Gasteiger partial charge is 0.224 e. The minimum absolute atomic E-state index is 0.0360. The highest BCUT2D eigenvalue weighted by Gasteiger charge is 2.16. The summed E-state index contributed by atoms with van der Waals surface area (Å²) in [6, 6.07) is 3.99. The molecule has 0 atom stereocenters. The minimum Gasteiger partial charge on any atom is -0.409 e. The number of anilines is 1. The van der Waals surface area contributed by atoms with E-state index in [9.17, 15) is 9.18 Å². The van der Waals surface area contributed by atoms with Crippen molar-refractivity contribution < 1.29 is 14.4 Å². The highest BCUT2D eigenvalue weighted by atomic mass is 19.1. The molecule has 114 valence electrons. The van der Waals surface area contributed by atoms with Gasteiger partial charge in [0, 0.05) is 12.1 Å². The second kappa shape index (κ2) is 7.06. The van der Waals surface area contributed by atoms with E-state index < -0.39 is 5.82 Å². The van der Waals surface area contributed by atoms with E-state index in [1.54, 1.807) is 0 Å². The van der Waals surface area contributed by atoms with Crippen molar-refractivity contribution >= 4 is 17.4 Å². The molecule has 5 nitrogen and oxygen atoms in total. The quantitative estimate of drug-likeness (QED) is 0.337. The molecule has 1 saturated carbocycles. The summed E-state index contributed by atoms with van der Waals surface area (Å²) >= 11 is 0. The molecule has 0 radical (unpaired) electrons. The number of nitrogens with two attached hydrogens (primary N) is 1. The number of halogens is 1. The molecule has 1 aliphatic rings. The van der Waals surface area contributed by atoms with Gasteiger partial charge >= 0.3 is 0 Å². The molecule has 0 spiro atoms. The van der Waals surface area contributed by atoms with Crippen molar-refractivity contribution in [2.45, 2.75) is 38.5 Å². The first-order valence-electron chi connectivity index (χ1n) is 7.17. The van der Waals surface area contributed by atoms with E-state index in [1.807, 2.05) is 0 Å². The summed E-state index contributed by atoms with van der Waals surface area (Å²) < 4.78 is 13.5. The number of carbonyl (C=O) groups excluding carboxylic acids is 1. The third-order valence-electron chi connectivity index (χ3n) is 3.89. The molecule has 1 aromatic carbocycles. The summed E-state index contributed by atoms with van der Waals surface area (Å²) in [5, 5.41) is 14.1. The van der Waals surface area contributed by atoms with Gasteiger partial charge in [-0.3, -0.25) is 4.79 Å². The maximum Gasteiger partial charge on any atom is 0.224 e. The normalized spacial score (nSPS) is 16.1. The fourth-order valence-corrected chi connectivity index (χ4v) is 2.71. The van der Waals surface area contributed by atoms with E-state index in [1.165, 1.54) is 43.9 Å². The second-order valence-electron chi connectivity index (χ2n) is 5.42. The molecule has 21 heavy (non-hydrogen) atoms. The lowest BCUT2D eigenvalue weighted by molar-refractivity contribution is -0.116. The summed E-state index contributed by atoms with van der Waals surface area (Å²) in [6.07, 6.45) is 6.27. The topological polar surface area (TPSA) is 87.7 Å². The van der Waals surface area contributed by atoms with Crippen molar-refractivity contribution in [3.8, 4) is 0 Å². The fourth-order valence-electron chi connectivity index (χ4n) is 2.71. The van der Waals surface area contributed by atoms with Crippen molar-refractivity contribution in [3.05, 3.63) is 29.6 Å². The Labute approximate surface area is 123 Å². The van der Waals surface area contributed by atoms with Gasteiger partial charge < -0.3 is 16.3 Å². The molecule has 1 aromatic rings. The van der Waals surface area contributed by atoms with Crippen LogP contribution in [-0.2, 0) is 4.79 Å². The Bertz CT molecular complexity index is 540. The number of nitrogens with one attached hydrogen (secondary N) is 1. The number of amidine groups is 1. The van der Waals surface area contributed by atoms with Crippen molar-refractivity contribution in [2.75, 3.05) is 5.32 Å². The molecule has 0 bridgehead atoms. The van der Waals surface area contributed by atoms with Crippen LogP contribution in [0.5, 0.6) is 0 Å². The Morgan fingerprint density at radius 3 is 2.81 bits per heavy atom. The molecule has 4 N–H and O–H groups in total. The van der Waals surface area contributed by atoms with Gasteiger partial charge in [0.1, 0.15) is 5.82 Å². The Hall–Kier alpha value is -2.11. The number of nitrogens with zero attached hydrogens (tertiary/aromatic N) is 1. The average molecular weight is 293 g/mol. The van der Waals surface area contributed by atoms with Crippen molar-refractivity contribution in [1.29, 1.82) is 0 Å². The van der Waals surface area contributed by atoms with Gasteiger partial charge in [-0.15, -0.1) is 0 Å². The molecular formula is C15H20FN3O2. The number of amides is 1. The van der Waals surface area contributed by atoms with Gasteiger partial charge in [0.05, 0.1) is 5.56 Å². The summed E-state index contributed by atoms with van der Waals surface area (Å²) in [5.41, 5.74) is 5.79. The zero-order valence-corrected chi connectivity index (χ0v) is 11.8. The molecule has 0 unspecified atom stereocenters. The number of oxime groups is 1. The zero-order valence-electron chi connectivity index (χ0n) is 11.8. The third kappa shape index (κ3) is 4.18. The Morgan fingerprint density at radius 2 is 2.14 bits per heavy atom. The molecule has 0 aliphatic heterocycles. The van der Waals surface area contributed by atoms with E-state index in [0.717, 1.165) is 6.42 Å². The Kier molecular flexibility index (Phi) is 5.14. The van der Waals surface area contributed by atoms with Crippen LogP contribution in [0.15, 0.2) is 23.4 Å². The molecule has 2 rings (SSSR count). The van der Waals surface area contributed by atoms with Crippen molar-refractivity contribution in [1.82, 2.24) is 0 Å². The van der Waals surface area contributed by atoms with Crippen LogP contribution in [0.4, 0.5) is 10.1 Å². The Balaban J connectivity index is 1.94. The number of rotatable bonds is 5. The highest BCUT2D eigenvalue weighted by molar-refractivity contribution is 5.99. The van der Waals surface area contributed by atoms with Crippen LogP contribution in [0.25, 0.3) is 0 Å². The van der Waals surface area contributed by atoms with Crippen LogP contribution >= 0.6 is 0 Å². The third-order valence-corrected chi connectivity index (χ3v) is 3.89. The summed E-state index contributed by atoms with van der Waals surface area (Å²) in [7, 11) is 0. The van der Waals surface area contributed by atoms with Crippen LogP contribution in [0.3, 0.4) is 0 Å². The van der Waals surface area contributed by atoms with E-state index in [0.29, 0.717) is 18.0 Å². The largest absolute Gasteiger partial charge is 0.409 e. The predicted molar refractivity (Wildman–Crippen MR) is 78.7 cm³/mol. The monoisotopic (exact) mass is 293 g/mol. The molecule has 0 aromatic heterocycles. The number of carbonyl (C=O) groups is 1. The van der Waals surface area contributed by atoms with Crippen LogP contribution in [0.2, 0.25) is 0 Å². The molecule has 1 amide bonds. The van der Waals surface area contributed by atoms with Gasteiger partial charge in [-0.25, -0.2) is 4.39 Å². The van der Waals surface area contributed by atoms with Crippen molar-refractivity contribution in [2.24, 2.45) is 16.8 Å². The lowest BCUT2D eigenvalue weighted by Gasteiger charge is -2.10. The van der Waals surface area contributed by atoms with Gasteiger partial charge in [-0.2, -0.15) is 0 Å². The van der Waals surface area contributed by atoms with Crippen LogP contribution in [0.1, 0.15) is 44.1 Å². The van der Waals surface area contributed by atoms with E-state index in [2.05, 4.69) is 10.5 Å². The van der Waals surface area contributed by atoms with E-state index in [-0.39, 0.29) is 17.3 Å². The summed E-state index contributed by atoms with van der Waals surface area (Å²) in [4.78, 5) is 11.9. The standard InChI is InChI=1S/C15H20FN3O2/c16-13-7-6-11(9-12(13)15(17)19-21)18-14(20)8-5-10-3-1-2-4-10/h6-7,9-10,21H,1-5,8H2,(H2,17,19)(H,18,20). The van der Waals surface area contributed by atoms with Crippen molar-refractivity contribution in [3.63, 3.8) is 0 Å². The van der Waals surface area contributed by atoms with Gasteiger partial charge in [0.25, 0.3) is 0 Å². The molecule has 0 heterocycles. The maximum absolute atomic E-state index is 13.5. The van der Waals surface area contributed by atoms with Gasteiger partial charge in [0.2, 0.25) is 5.91 Å². The summed E-state index contributed by atoms with van der Waals surface area (Å²) in [5.74, 6) is -0.375. The molecule has 1 aliphatic carbocycles. The molecule has 1 fully saturated rings. The molecule has 6 heteroatoms. The van der Waals surface area contributed by atoms with Crippen LogP contribution < -0.4 is 11.1 Å². The second-order valence-corrected chi connectivity index (χ2v) is 5.42. The molecular weight excluding hydrogens is 273 g/mol. The predicted octanol–water partition coefficient (Wildman–Crippen LogP) is 2.83. The summed E-state index contributed by atoms with van der Waals surface area (Å²) in [6.45, 7) is 0. The number of hydrogen-bond donors (Lipinski definition) is 3.